The van der Waals surface area contributed by atoms with Gasteiger partial charge in [-0.2, -0.15) is 0 Å². The van der Waals surface area contributed by atoms with Gasteiger partial charge in [0.1, 0.15) is 16.9 Å². The van der Waals surface area contributed by atoms with Crippen molar-refractivity contribution in [1.82, 2.24) is 10.6 Å². The Labute approximate surface area is 145 Å². The number of fused-ring (bicyclic) bond motifs is 3. The highest BCUT2D eigenvalue weighted by molar-refractivity contribution is 5.97. The van der Waals surface area contributed by atoms with Crippen LogP contribution < -0.4 is 21.0 Å². The van der Waals surface area contributed by atoms with E-state index in [0.717, 1.165) is 25.7 Å². The van der Waals surface area contributed by atoms with Gasteiger partial charge in [-0.15, -0.1) is 0 Å². The molecule has 2 aliphatic rings. The smallest absolute Gasteiger partial charge is 0.349 e. The van der Waals surface area contributed by atoms with Crippen LogP contribution in [0.3, 0.4) is 0 Å². The summed E-state index contributed by atoms with van der Waals surface area (Å²) in [6.07, 6.45) is 4.06. The summed E-state index contributed by atoms with van der Waals surface area (Å²) in [4.78, 5) is 24.8. The number of carbonyl (C=O) groups is 1. The van der Waals surface area contributed by atoms with Crippen LogP contribution in [0.5, 0.6) is 5.75 Å². The minimum atomic E-state index is -0.617. The lowest BCUT2D eigenvalue weighted by molar-refractivity contribution is 0.0927. The van der Waals surface area contributed by atoms with Gasteiger partial charge in [0.25, 0.3) is 5.91 Å². The Hall–Kier alpha value is -2.34. The average molecular weight is 342 g/mol. The number of amides is 1. The Kier molecular flexibility index (Phi) is 4.21. The van der Waals surface area contributed by atoms with E-state index < -0.39 is 5.63 Å². The molecule has 2 N–H and O–H groups in total. The first-order valence-electron chi connectivity index (χ1n) is 8.91. The van der Waals surface area contributed by atoms with Gasteiger partial charge in [-0.05, 0) is 43.9 Å². The second-order valence-electron chi connectivity index (χ2n) is 6.86. The molecule has 6 nitrogen and oxygen atoms in total. The van der Waals surface area contributed by atoms with Crippen molar-refractivity contribution in [3.63, 3.8) is 0 Å². The summed E-state index contributed by atoms with van der Waals surface area (Å²) in [5.74, 6) is 0.295. The molecule has 1 aromatic heterocycles. The zero-order valence-corrected chi connectivity index (χ0v) is 14.2. The molecule has 25 heavy (non-hydrogen) atoms. The van der Waals surface area contributed by atoms with Crippen molar-refractivity contribution in [3.8, 4) is 5.75 Å². The third-order valence-corrected chi connectivity index (χ3v) is 5.04. The number of carbonyl (C=O) groups excluding carboxylic acids is 1. The van der Waals surface area contributed by atoms with E-state index in [2.05, 4.69) is 10.6 Å². The molecule has 2 aromatic rings. The zero-order valence-electron chi connectivity index (χ0n) is 14.2. The first-order chi connectivity index (χ1) is 12.1. The maximum Gasteiger partial charge on any atom is 0.349 e. The maximum absolute atomic E-state index is 12.5. The standard InChI is InChI=1S/C19H22N2O4/c1-2-7-24-13-5-3-11-8-14(19(23)25-17(11)10-13)18(22)21-16-9-12-4-6-15(16)20-12/h3,5,8,10,12,15-16,20H,2,4,6-7,9H2,1H3,(H,21,22)/t12-,15+,16+/m1/s1. The van der Waals surface area contributed by atoms with Crippen LogP contribution in [-0.2, 0) is 0 Å². The van der Waals surface area contributed by atoms with Gasteiger partial charge in [-0.1, -0.05) is 6.92 Å². The molecular formula is C19H22N2O4. The van der Waals surface area contributed by atoms with Crippen LogP contribution in [0.15, 0.2) is 33.5 Å². The molecule has 0 unspecified atom stereocenters. The minimum Gasteiger partial charge on any atom is -0.493 e. The van der Waals surface area contributed by atoms with Gasteiger partial charge in [-0.3, -0.25) is 4.79 Å². The molecule has 0 saturated carbocycles. The van der Waals surface area contributed by atoms with E-state index in [9.17, 15) is 9.59 Å². The normalized spacial score (nSPS) is 24.6. The first kappa shape index (κ1) is 16.1. The maximum atomic E-state index is 12.5. The van der Waals surface area contributed by atoms with Crippen molar-refractivity contribution in [2.24, 2.45) is 0 Å². The molecule has 1 aromatic carbocycles. The van der Waals surface area contributed by atoms with Gasteiger partial charge in [0.2, 0.25) is 0 Å². The van der Waals surface area contributed by atoms with Crippen LogP contribution >= 0.6 is 0 Å². The Balaban J connectivity index is 1.56. The second-order valence-corrected chi connectivity index (χ2v) is 6.86. The molecule has 0 aliphatic carbocycles. The fourth-order valence-corrected chi connectivity index (χ4v) is 3.79. The molecule has 132 valence electrons. The number of hydrogen-bond acceptors (Lipinski definition) is 5. The molecule has 4 rings (SSSR count). The predicted molar refractivity (Wildman–Crippen MR) is 94.1 cm³/mol. The van der Waals surface area contributed by atoms with Crippen molar-refractivity contribution in [3.05, 3.63) is 40.2 Å². The largest absolute Gasteiger partial charge is 0.493 e. The molecule has 3 heterocycles. The molecule has 2 aliphatic heterocycles. The van der Waals surface area contributed by atoms with E-state index in [1.807, 2.05) is 13.0 Å². The molecule has 2 fully saturated rings. The first-order valence-corrected chi connectivity index (χ1v) is 8.91. The summed E-state index contributed by atoms with van der Waals surface area (Å²) in [6.45, 7) is 2.63. The molecule has 0 radical (unpaired) electrons. The topological polar surface area (TPSA) is 80.6 Å². The lowest BCUT2D eigenvalue weighted by Gasteiger charge is -2.21. The van der Waals surface area contributed by atoms with E-state index >= 15 is 0 Å². The fourth-order valence-electron chi connectivity index (χ4n) is 3.79. The quantitative estimate of drug-likeness (QED) is 0.814. The molecule has 1 amide bonds. The van der Waals surface area contributed by atoms with Gasteiger partial charge < -0.3 is 19.8 Å². The third-order valence-electron chi connectivity index (χ3n) is 5.04. The van der Waals surface area contributed by atoms with Crippen molar-refractivity contribution >= 4 is 16.9 Å². The van der Waals surface area contributed by atoms with Crippen molar-refractivity contribution < 1.29 is 13.9 Å². The van der Waals surface area contributed by atoms with Crippen molar-refractivity contribution in [1.29, 1.82) is 0 Å². The van der Waals surface area contributed by atoms with E-state index in [0.29, 0.717) is 35.4 Å². The Morgan fingerprint density at radius 2 is 2.24 bits per heavy atom. The monoisotopic (exact) mass is 342 g/mol. The fraction of sp³-hybridized carbons (Fsp3) is 0.474. The van der Waals surface area contributed by atoms with E-state index in [1.54, 1.807) is 18.2 Å². The van der Waals surface area contributed by atoms with Crippen molar-refractivity contribution in [2.45, 2.75) is 50.7 Å². The summed E-state index contributed by atoms with van der Waals surface area (Å²) in [5, 5.41) is 7.17. The lowest BCUT2D eigenvalue weighted by atomic mass is 9.95. The number of rotatable bonds is 5. The van der Waals surface area contributed by atoms with E-state index in [1.165, 1.54) is 0 Å². The van der Waals surface area contributed by atoms with Gasteiger partial charge in [-0.25, -0.2) is 4.79 Å². The van der Waals surface area contributed by atoms with Crippen LogP contribution in [0.4, 0.5) is 0 Å². The lowest BCUT2D eigenvalue weighted by Crippen LogP contribution is -2.44. The zero-order chi connectivity index (χ0) is 17.4. The number of nitrogens with one attached hydrogen (secondary N) is 2. The second kappa shape index (κ2) is 6.52. The third kappa shape index (κ3) is 3.14. The summed E-state index contributed by atoms with van der Waals surface area (Å²) >= 11 is 0. The summed E-state index contributed by atoms with van der Waals surface area (Å²) in [5.41, 5.74) is -0.136. The number of benzene rings is 1. The van der Waals surface area contributed by atoms with Crippen molar-refractivity contribution in [2.75, 3.05) is 6.61 Å². The SMILES string of the molecule is CCCOc1ccc2cc(C(=O)N[C@H]3C[C@H]4CC[C@@H]3N4)c(=O)oc2c1. The number of hydrogen-bond donors (Lipinski definition) is 2. The molecule has 3 atom stereocenters. The van der Waals surface area contributed by atoms with E-state index in [4.69, 9.17) is 9.15 Å². The highest BCUT2D eigenvalue weighted by Crippen LogP contribution is 2.28. The summed E-state index contributed by atoms with van der Waals surface area (Å²) in [6, 6.07) is 7.81. The molecule has 0 spiro atoms. The van der Waals surface area contributed by atoms with Crippen LogP contribution in [0, 0.1) is 0 Å². The van der Waals surface area contributed by atoms with Gasteiger partial charge >= 0.3 is 5.63 Å². The summed E-state index contributed by atoms with van der Waals surface area (Å²) < 4.78 is 10.9. The van der Waals surface area contributed by atoms with E-state index in [-0.39, 0.29) is 17.5 Å². The Bertz CT molecular complexity index is 860. The van der Waals surface area contributed by atoms with Gasteiger partial charge in [0.15, 0.2) is 0 Å². The Morgan fingerprint density at radius 1 is 1.36 bits per heavy atom. The number of ether oxygens (including phenoxy) is 1. The van der Waals surface area contributed by atoms with Gasteiger partial charge in [0, 0.05) is 29.6 Å². The average Bonchev–Trinajstić information content (AvgIpc) is 3.22. The molecule has 6 heteroatoms. The van der Waals surface area contributed by atoms with Gasteiger partial charge in [0.05, 0.1) is 6.61 Å². The summed E-state index contributed by atoms with van der Waals surface area (Å²) in [7, 11) is 0. The van der Waals surface area contributed by atoms with Crippen LogP contribution in [0.25, 0.3) is 11.0 Å². The predicted octanol–water partition coefficient (Wildman–Crippen LogP) is 2.20. The minimum absolute atomic E-state index is 0.0532. The Morgan fingerprint density at radius 3 is 2.96 bits per heavy atom. The highest BCUT2D eigenvalue weighted by atomic mass is 16.5. The molecule has 2 saturated heterocycles. The molecule has 2 bridgehead atoms. The highest BCUT2D eigenvalue weighted by Gasteiger charge is 2.39. The van der Waals surface area contributed by atoms with Crippen LogP contribution in [-0.4, -0.2) is 30.6 Å². The molecular weight excluding hydrogens is 320 g/mol. The van der Waals surface area contributed by atoms with Crippen LogP contribution in [0.2, 0.25) is 0 Å². The van der Waals surface area contributed by atoms with Crippen LogP contribution in [0.1, 0.15) is 43.0 Å².